The van der Waals surface area contributed by atoms with E-state index in [1.54, 1.807) is 7.11 Å². The Labute approximate surface area is 157 Å². The Bertz CT molecular complexity index is 557. The molecule has 0 atom stereocenters. The molecule has 0 saturated heterocycles. The number of hydrogen-bond acceptors (Lipinski definition) is 4. The van der Waals surface area contributed by atoms with Gasteiger partial charge in [0, 0.05) is 19.7 Å². The van der Waals surface area contributed by atoms with Crippen LogP contribution in [-0.4, -0.2) is 45.5 Å². The van der Waals surface area contributed by atoms with Gasteiger partial charge >= 0.3 is 0 Å². The molecule has 0 aliphatic heterocycles. The monoisotopic (exact) mass is 363 g/mol. The second-order valence-corrected chi connectivity index (χ2v) is 6.33. The van der Waals surface area contributed by atoms with Crippen molar-refractivity contribution in [2.75, 3.05) is 33.4 Å². The molecule has 0 unspecified atom stereocenters. The second-order valence-electron chi connectivity index (χ2n) is 6.33. The van der Waals surface area contributed by atoms with Crippen molar-refractivity contribution in [3.63, 3.8) is 0 Å². The summed E-state index contributed by atoms with van der Waals surface area (Å²) in [6.07, 6.45) is 5.10. The van der Waals surface area contributed by atoms with E-state index in [4.69, 9.17) is 14.2 Å². The van der Waals surface area contributed by atoms with Crippen LogP contribution in [0, 0.1) is 0 Å². The Morgan fingerprint density at radius 1 is 1.15 bits per heavy atom. The molecule has 0 bridgehead atoms. The van der Waals surface area contributed by atoms with Gasteiger partial charge < -0.3 is 24.8 Å². The zero-order valence-corrected chi connectivity index (χ0v) is 16.3. The van der Waals surface area contributed by atoms with Crippen LogP contribution in [0.1, 0.15) is 45.1 Å². The number of hydrogen-bond donors (Lipinski definition) is 2. The minimum Gasteiger partial charge on any atom is -0.493 e. The van der Waals surface area contributed by atoms with Crippen LogP contribution in [0.25, 0.3) is 0 Å². The lowest BCUT2D eigenvalue weighted by Crippen LogP contribution is -2.39. The van der Waals surface area contributed by atoms with Gasteiger partial charge in [-0.3, -0.25) is 0 Å². The van der Waals surface area contributed by atoms with E-state index in [2.05, 4.69) is 28.6 Å². The number of nitrogens with one attached hydrogen (secondary N) is 2. The molecule has 0 radical (unpaired) electrons. The van der Waals surface area contributed by atoms with E-state index >= 15 is 0 Å². The highest BCUT2D eigenvalue weighted by Gasteiger charge is 2.18. The highest BCUT2D eigenvalue weighted by Crippen LogP contribution is 2.32. The minimum atomic E-state index is 0.322. The largest absolute Gasteiger partial charge is 0.493 e. The fourth-order valence-corrected chi connectivity index (χ4v) is 2.99. The normalized spacial score (nSPS) is 15.1. The van der Waals surface area contributed by atoms with E-state index in [1.165, 1.54) is 12.8 Å². The van der Waals surface area contributed by atoms with Gasteiger partial charge in [-0.15, -0.1) is 0 Å². The number of benzene rings is 1. The zero-order chi connectivity index (χ0) is 18.6. The number of rotatable bonds is 10. The molecule has 0 amide bonds. The predicted molar refractivity (Wildman–Crippen MR) is 105 cm³/mol. The molecule has 1 aromatic rings. The van der Waals surface area contributed by atoms with Crippen molar-refractivity contribution in [3.05, 3.63) is 23.8 Å². The van der Waals surface area contributed by atoms with Crippen LogP contribution in [0.15, 0.2) is 23.2 Å². The highest BCUT2D eigenvalue weighted by molar-refractivity contribution is 5.79. The van der Waals surface area contributed by atoms with Crippen molar-refractivity contribution in [3.8, 4) is 11.5 Å². The van der Waals surface area contributed by atoms with Crippen molar-refractivity contribution in [1.29, 1.82) is 0 Å². The molecule has 1 saturated carbocycles. The van der Waals surface area contributed by atoms with E-state index in [0.717, 1.165) is 55.6 Å². The molecule has 146 valence electrons. The third-order valence-electron chi connectivity index (χ3n) is 4.33. The summed E-state index contributed by atoms with van der Waals surface area (Å²) in [5.41, 5.74) is 1.09. The van der Waals surface area contributed by atoms with Gasteiger partial charge in [0.2, 0.25) is 0 Å². The van der Waals surface area contributed by atoms with Crippen LogP contribution in [0.2, 0.25) is 0 Å². The van der Waals surface area contributed by atoms with Crippen molar-refractivity contribution < 1.29 is 14.2 Å². The first kappa shape index (κ1) is 20.4. The third-order valence-corrected chi connectivity index (χ3v) is 4.33. The Kier molecular flexibility index (Phi) is 9.10. The van der Waals surface area contributed by atoms with Crippen LogP contribution < -0.4 is 20.1 Å². The fourth-order valence-electron chi connectivity index (χ4n) is 2.99. The van der Waals surface area contributed by atoms with Crippen molar-refractivity contribution >= 4 is 5.96 Å². The molecular formula is C20H33N3O3. The lowest BCUT2D eigenvalue weighted by atomic mass is 10.2. The summed E-state index contributed by atoms with van der Waals surface area (Å²) in [5.74, 6) is 2.39. The Morgan fingerprint density at radius 2 is 1.96 bits per heavy atom. The van der Waals surface area contributed by atoms with Crippen LogP contribution in [0.4, 0.5) is 0 Å². The molecule has 1 fully saturated rings. The van der Waals surface area contributed by atoms with Gasteiger partial charge in [0.25, 0.3) is 0 Å². The molecule has 2 rings (SSSR count). The average Bonchev–Trinajstić information content (AvgIpc) is 3.17. The molecule has 6 nitrogen and oxygen atoms in total. The SMILES string of the molecule is CCNC(=NCc1ccc(OC2CCCC2)c(OC)c1)NCCOCC. The van der Waals surface area contributed by atoms with Gasteiger partial charge in [0.1, 0.15) is 0 Å². The molecule has 0 aromatic heterocycles. The lowest BCUT2D eigenvalue weighted by Gasteiger charge is -2.16. The smallest absolute Gasteiger partial charge is 0.191 e. The van der Waals surface area contributed by atoms with E-state index in [0.29, 0.717) is 19.3 Å². The third kappa shape index (κ3) is 6.75. The van der Waals surface area contributed by atoms with Gasteiger partial charge in [0.15, 0.2) is 17.5 Å². The summed E-state index contributed by atoms with van der Waals surface area (Å²) in [6.45, 7) is 7.57. The summed E-state index contributed by atoms with van der Waals surface area (Å²) in [5, 5.41) is 6.52. The Morgan fingerprint density at radius 3 is 2.65 bits per heavy atom. The van der Waals surface area contributed by atoms with Crippen molar-refractivity contribution in [2.45, 2.75) is 52.2 Å². The van der Waals surface area contributed by atoms with Crippen LogP contribution >= 0.6 is 0 Å². The van der Waals surface area contributed by atoms with E-state index in [-0.39, 0.29) is 0 Å². The fraction of sp³-hybridized carbons (Fsp3) is 0.650. The molecule has 1 aliphatic carbocycles. The molecule has 0 spiro atoms. The van der Waals surface area contributed by atoms with Gasteiger partial charge in [-0.1, -0.05) is 6.07 Å². The molecular weight excluding hydrogens is 330 g/mol. The number of aliphatic imine (C=N–C) groups is 1. The van der Waals surface area contributed by atoms with E-state index < -0.39 is 0 Å². The minimum absolute atomic E-state index is 0.322. The first-order chi connectivity index (χ1) is 12.8. The maximum absolute atomic E-state index is 6.09. The van der Waals surface area contributed by atoms with Gasteiger partial charge in [0.05, 0.1) is 26.4 Å². The molecule has 1 aromatic carbocycles. The van der Waals surface area contributed by atoms with Gasteiger partial charge in [-0.25, -0.2) is 4.99 Å². The zero-order valence-electron chi connectivity index (χ0n) is 16.3. The summed E-state index contributed by atoms with van der Waals surface area (Å²) < 4.78 is 17.0. The van der Waals surface area contributed by atoms with Crippen LogP contribution in [0.5, 0.6) is 11.5 Å². The van der Waals surface area contributed by atoms with Gasteiger partial charge in [-0.2, -0.15) is 0 Å². The number of methoxy groups -OCH3 is 1. The summed E-state index contributed by atoms with van der Waals surface area (Å²) in [6, 6.07) is 6.06. The van der Waals surface area contributed by atoms with E-state index in [9.17, 15) is 0 Å². The second kappa shape index (κ2) is 11.6. The lowest BCUT2D eigenvalue weighted by molar-refractivity contribution is 0.152. The van der Waals surface area contributed by atoms with Crippen LogP contribution in [0.3, 0.4) is 0 Å². The van der Waals surface area contributed by atoms with Crippen molar-refractivity contribution in [1.82, 2.24) is 10.6 Å². The molecule has 0 heterocycles. The molecule has 1 aliphatic rings. The number of nitrogens with zero attached hydrogens (tertiary/aromatic N) is 1. The summed E-state index contributed by atoms with van der Waals surface area (Å²) in [7, 11) is 1.68. The Hall–Kier alpha value is -1.95. The first-order valence-electron chi connectivity index (χ1n) is 9.70. The van der Waals surface area contributed by atoms with Gasteiger partial charge in [-0.05, 0) is 57.2 Å². The Balaban J connectivity index is 1.95. The topological polar surface area (TPSA) is 64.1 Å². The van der Waals surface area contributed by atoms with Crippen molar-refractivity contribution in [2.24, 2.45) is 4.99 Å². The maximum atomic E-state index is 6.09. The first-order valence-corrected chi connectivity index (χ1v) is 9.70. The van der Waals surface area contributed by atoms with Crippen LogP contribution in [-0.2, 0) is 11.3 Å². The summed E-state index contributed by atoms with van der Waals surface area (Å²) in [4.78, 5) is 4.63. The summed E-state index contributed by atoms with van der Waals surface area (Å²) >= 11 is 0. The predicted octanol–water partition coefficient (Wildman–Crippen LogP) is 3.11. The van der Waals surface area contributed by atoms with E-state index in [1.807, 2.05) is 19.1 Å². The highest BCUT2D eigenvalue weighted by atomic mass is 16.5. The molecule has 6 heteroatoms. The number of ether oxygens (including phenoxy) is 3. The molecule has 2 N–H and O–H groups in total. The number of guanidine groups is 1. The maximum Gasteiger partial charge on any atom is 0.191 e. The standard InChI is InChI=1S/C20H33N3O3/c1-4-21-20(22-12-13-25-5-2)23-15-16-10-11-18(19(14-16)24-3)26-17-8-6-7-9-17/h10-11,14,17H,4-9,12-13,15H2,1-3H3,(H2,21,22,23). The quantitative estimate of drug-likeness (QED) is 0.380. The average molecular weight is 364 g/mol. The molecule has 26 heavy (non-hydrogen) atoms.